The maximum absolute atomic E-state index is 11.8. The van der Waals surface area contributed by atoms with Gasteiger partial charge in [0.1, 0.15) is 11.5 Å². The minimum atomic E-state index is -0.706. The normalized spacial score (nSPS) is 9.95. The molecule has 0 bridgehead atoms. The first kappa shape index (κ1) is 14.7. The van der Waals surface area contributed by atoms with Crippen molar-refractivity contribution in [2.75, 3.05) is 0 Å². The van der Waals surface area contributed by atoms with Crippen LogP contribution in [0.5, 0.6) is 11.5 Å². The molecule has 2 rings (SSSR count). The Morgan fingerprint density at radius 3 is 2.19 bits per heavy atom. The number of carbonyl (C=O) groups excluding carboxylic acids is 2. The third-order valence-electron chi connectivity index (χ3n) is 2.62. The highest BCUT2D eigenvalue weighted by Gasteiger charge is 2.13. The van der Waals surface area contributed by atoms with Gasteiger partial charge in [-0.15, -0.1) is 0 Å². The fourth-order valence-corrected chi connectivity index (χ4v) is 1.73. The maximum atomic E-state index is 11.8. The molecule has 0 fully saturated rings. The lowest BCUT2D eigenvalue weighted by molar-refractivity contribution is 0.0845. The molecule has 21 heavy (non-hydrogen) atoms. The number of benzene rings is 2. The summed E-state index contributed by atoms with van der Waals surface area (Å²) in [5, 5.41) is 19.0. The predicted molar refractivity (Wildman–Crippen MR) is 76.2 cm³/mol. The lowest BCUT2D eigenvalue weighted by atomic mass is 10.2. The number of nitrogens with one attached hydrogen (secondary N) is 2. The van der Waals surface area contributed by atoms with Gasteiger partial charge in [-0.2, -0.15) is 0 Å². The Kier molecular flexibility index (Phi) is 4.30. The van der Waals surface area contributed by atoms with Crippen LogP contribution in [0.4, 0.5) is 0 Å². The number of halogens is 1. The summed E-state index contributed by atoms with van der Waals surface area (Å²) in [6.07, 6.45) is 0. The van der Waals surface area contributed by atoms with Crippen LogP contribution >= 0.6 is 11.6 Å². The van der Waals surface area contributed by atoms with E-state index in [-0.39, 0.29) is 27.6 Å². The van der Waals surface area contributed by atoms with Crippen molar-refractivity contribution in [1.29, 1.82) is 0 Å². The van der Waals surface area contributed by atoms with E-state index in [2.05, 4.69) is 10.9 Å². The molecule has 7 heteroatoms. The van der Waals surface area contributed by atoms with Crippen LogP contribution in [-0.4, -0.2) is 22.0 Å². The van der Waals surface area contributed by atoms with Gasteiger partial charge in [0.15, 0.2) is 0 Å². The van der Waals surface area contributed by atoms with Gasteiger partial charge in [-0.25, -0.2) is 0 Å². The number of aromatic hydroxyl groups is 2. The number of hydrazine groups is 1. The average Bonchev–Trinajstić information content (AvgIpc) is 2.47. The fourth-order valence-electron chi connectivity index (χ4n) is 1.56. The molecular formula is C14H11ClN2O4. The topological polar surface area (TPSA) is 98.7 Å². The summed E-state index contributed by atoms with van der Waals surface area (Å²) in [6.45, 7) is 0. The molecule has 2 aromatic carbocycles. The van der Waals surface area contributed by atoms with Crippen LogP contribution in [0.15, 0.2) is 42.5 Å². The van der Waals surface area contributed by atoms with Gasteiger partial charge in [0.2, 0.25) is 0 Å². The zero-order chi connectivity index (χ0) is 15.4. The van der Waals surface area contributed by atoms with Gasteiger partial charge in [-0.3, -0.25) is 20.4 Å². The molecule has 0 aliphatic carbocycles. The Bertz CT molecular complexity index is 686. The predicted octanol–water partition coefficient (Wildman–Crippen LogP) is 1.83. The van der Waals surface area contributed by atoms with Crippen LogP contribution in [0.25, 0.3) is 0 Å². The molecule has 0 aliphatic heterocycles. The third-order valence-corrected chi connectivity index (χ3v) is 2.86. The van der Waals surface area contributed by atoms with Crippen molar-refractivity contribution in [1.82, 2.24) is 10.9 Å². The van der Waals surface area contributed by atoms with Gasteiger partial charge in [-0.1, -0.05) is 11.6 Å². The molecule has 0 radical (unpaired) electrons. The number of hydrogen-bond acceptors (Lipinski definition) is 4. The lowest BCUT2D eigenvalue weighted by Crippen LogP contribution is -2.41. The molecular weight excluding hydrogens is 296 g/mol. The monoisotopic (exact) mass is 306 g/mol. The van der Waals surface area contributed by atoms with E-state index in [4.69, 9.17) is 16.7 Å². The quantitative estimate of drug-likeness (QED) is 0.636. The summed E-state index contributed by atoms with van der Waals surface area (Å²) >= 11 is 5.73. The Morgan fingerprint density at radius 2 is 1.52 bits per heavy atom. The van der Waals surface area contributed by atoms with Gasteiger partial charge in [0.05, 0.1) is 5.56 Å². The van der Waals surface area contributed by atoms with Gasteiger partial charge in [0.25, 0.3) is 11.8 Å². The number of hydrogen-bond donors (Lipinski definition) is 4. The van der Waals surface area contributed by atoms with Crippen LogP contribution in [0.2, 0.25) is 5.02 Å². The van der Waals surface area contributed by atoms with Gasteiger partial charge in [-0.05, 0) is 42.5 Å². The molecule has 6 nitrogen and oxygen atoms in total. The number of rotatable bonds is 2. The molecule has 2 amide bonds. The van der Waals surface area contributed by atoms with Crippen LogP contribution in [-0.2, 0) is 0 Å². The van der Waals surface area contributed by atoms with Crippen LogP contribution in [0, 0.1) is 0 Å². The second kappa shape index (κ2) is 6.15. The second-order valence-corrected chi connectivity index (χ2v) is 4.55. The van der Waals surface area contributed by atoms with Gasteiger partial charge >= 0.3 is 0 Å². The standard InChI is InChI=1S/C14H11ClN2O4/c15-9-3-6-12(19)11(7-9)14(21)17-16-13(20)8-1-4-10(18)5-2-8/h1-7,18-19H,(H,16,20)(H,17,21). The first-order chi connectivity index (χ1) is 9.97. The number of phenolic OH excluding ortho intramolecular Hbond substituents is 2. The summed E-state index contributed by atoms with van der Waals surface area (Å²) in [6, 6.07) is 9.47. The van der Waals surface area contributed by atoms with E-state index >= 15 is 0 Å². The van der Waals surface area contributed by atoms with E-state index in [1.54, 1.807) is 0 Å². The summed E-state index contributed by atoms with van der Waals surface area (Å²) in [4.78, 5) is 23.6. The van der Waals surface area contributed by atoms with Crippen molar-refractivity contribution >= 4 is 23.4 Å². The van der Waals surface area contributed by atoms with Crippen molar-refractivity contribution in [3.05, 3.63) is 58.6 Å². The largest absolute Gasteiger partial charge is 0.508 e. The molecule has 0 saturated heterocycles. The van der Waals surface area contributed by atoms with E-state index in [1.165, 1.54) is 42.5 Å². The molecule has 0 saturated carbocycles. The molecule has 0 spiro atoms. The SMILES string of the molecule is O=C(NNC(=O)c1cc(Cl)ccc1O)c1ccc(O)cc1. The summed E-state index contributed by atoms with van der Waals surface area (Å²) in [7, 11) is 0. The van der Waals surface area contributed by atoms with Crippen LogP contribution < -0.4 is 10.9 Å². The fraction of sp³-hybridized carbons (Fsp3) is 0. The molecule has 108 valence electrons. The molecule has 0 aliphatic rings. The average molecular weight is 307 g/mol. The van der Waals surface area contributed by atoms with Crippen molar-refractivity contribution in [3.8, 4) is 11.5 Å². The zero-order valence-corrected chi connectivity index (χ0v) is 11.4. The molecule has 4 N–H and O–H groups in total. The Balaban J connectivity index is 2.02. The first-order valence-corrected chi connectivity index (χ1v) is 6.23. The summed E-state index contributed by atoms with van der Waals surface area (Å²) in [5.41, 5.74) is 4.54. The molecule has 2 aromatic rings. The number of carbonyl (C=O) groups is 2. The van der Waals surface area contributed by atoms with E-state index in [0.29, 0.717) is 0 Å². The molecule has 0 aromatic heterocycles. The minimum absolute atomic E-state index is 0.0273. The Morgan fingerprint density at radius 1 is 0.905 bits per heavy atom. The zero-order valence-electron chi connectivity index (χ0n) is 10.6. The summed E-state index contributed by atoms with van der Waals surface area (Å²) < 4.78 is 0. The van der Waals surface area contributed by atoms with Crippen LogP contribution in [0.3, 0.4) is 0 Å². The smallest absolute Gasteiger partial charge is 0.273 e. The Hall–Kier alpha value is -2.73. The second-order valence-electron chi connectivity index (χ2n) is 4.12. The van der Waals surface area contributed by atoms with Gasteiger partial charge < -0.3 is 10.2 Å². The summed E-state index contributed by atoms with van der Waals surface area (Å²) in [5.74, 6) is -1.50. The first-order valence-electron chi connectivity index (χ1n) is 5.85. The number of amides is 2. The highest BCUT2D eigenvalue weighted by molar-refractivity contribution is 6.31. The Labute approximate surface area is 125 Å². The van der Waals surface area contributed by atoms with E-state index in [9.17, 15) is 14.7 Å². The molecule has 0 unspecified atom stereocenters. The molecule has 0 heterocycles. The van der Waals surface area contributed by atoms with E-state index in [1.807, 2.05) is 0 Å². The highest BCUT2D eigenvalue weighted by Crippen LogP contribution is 2.21. The highest BCUT2D eigenvalue weighted by atomic mass is 35.5. The third kappa shape index (κ3) is 3.64. The number of phenols is 2. The van der Waals surface area contributed by atoms with Crippen molar-refractivity contribution in [2.24, 2.45) is 0 Å². The van der Waals surface area contributed by atoms with Gasteiger partial charge in [0, 0.05) is 10.6 Å². The maximum Gasteiger partial charge on any atom is 0.273 e. The van der Waals surface area contributed by atoms with Crippen LogP contribution in [0.1, 0.15) is 20.7 Å². The van der Waals surface area contributed by atoms with E-state index in [0.717, 1.165) is 0 Å². The minimum Gasteiger partial charge on any atom is -0.508 e. The van der Waals surface area contributed by atoms with Crippen molar-refractivity contribution in [3.63, 3.8) is 0 Å². The lowest BCUT2D eigenvalue weighted by Gasteiger charge is -2.09. The molecule has 0 atom stereocenters. The van der Waals surface area contributed by atoms with Crippen molar-refractivity contribution in [2.45, 2.75) is 0 Å². The van der Waals surface area contributed by atoms with E-state index < -0.39 is 11.8 Å². The van der Waals surface area contributed by atoms with Crippen molar-refractivity contribution < 1.29 is 19.8 Å².